The first kappa shape index (κ1) is 22.3. The van der Waals surface area contributed by atoms with Crippen LogP contribution in [0.5, 0.6) is 5.75 Å². The Morgan fingerprint density at radius 3 is 2.32 bits per heavy atom. The van der Waals surface area contributed by atoms with E-state index in [1.807, 2.05) is 37.3 Å². The van der Waals surface area contributed by atoms with Crippen LogP contribution >= 0.6 is 0 Å². The van der Waals surface area contributed by atoms with Gasteiger partial charge in [-0.15, -0.1) is 0 Å². The first-order valence-corrected chi connectivity index (χ1v) is 10.5. The highest BCUT2D eigenvalue weighted by Gasteiger charge is 2.28. The zero-order valence-corrected chi connectivity index (χ0v) is 17.7. The minimum atomic E-state index is -0.383. The van der Waals surface area contributed by atoms with E-state index in [1.165, 1.54) is 0 Å². The Kier molecular flexibility index (Phi) is 7.98. The van der Waals surface area contributed by atoms with E-state index in [-0.39, 0.29) is 30.2 Å². The van der Waals surface area contributed by atoms with Gasteiger partial charge in [0, 0.05) is 24.7 Å². The Balaban J connectivity index is 1.42. The highest BCUT2D eigenvalue weighted by molar-refractivity contribution is 5.98. The molecule has 0 radical (unpaired) electrons. The molecule has 1 heterocycles. The summed E-state index contributed by atoms with van der Waals surface area (Å²) < 4.78 is 10.6. The minimum absolute atomic E-state index is 0.0682. The maximum Gasteiger partial charge on any atom is 0.309 e. The van der Waals surface area contributed by atoms with Gasteiger partial charge < -0.3 is 14.4 Å². The van der Waals surface area contributed by atoms with Crippen molar-refractivity contribution in [1.29, 1.82) is 0 Å². The van der Waals surface area contributed by atoms with E-state index in [4.69, 9.17) is 9.47 Å². The lowest BCUT2D eigenvalue weighted by Crippen LogP contribution is -2.40. The van der Waals surface area contributed by atoms with E-state index >= 15 is 0 Å². The molecule has 0 N–H and O–H groups in total. The maximum absolute atomic E-state index is 12.4. The number of ether oxygens (including phenoxy) is 2. The van der Waals surface area contributed by atoms with Gasteiger partial charge in [-0.3, -0.25) is 14.4 Å². The van der Waals surface area contributed by atoms with Crippen LogP contribution in [-0.4, -0.2) is 48.9 Å². The lowest BCUT2D eigenvalue weighted by molar-refractivity contribution is -0.150. The van der Waals surface area contributed by atoms with Crippen molar-refractivity contribution in [1.82, 2.24) is 4.90 Å². The first-order valence-electron chi connectivity index (χ1n) is 10.5. The molecule has 6 nitrogen and oxygen atoms in total. The Bertz CT molecular complexity index is 913. The summed E-state index contributed by atoms with van der Waals surface area (Å²) in [6.07, 6.45) is 4.40. The number of amides is 1. The largest absolute Gasteiger partial charge is 0.494 e. The van der Waals surface area contributed by atoms with Gasteiger partial charge in [-0.05, 0) is 55.7 Å². The number of esters is 1. The Morgan fingerprint density at radius 2 is 1.68 bits per heavy atom. The third kappa shape index (κ3) is 6.54. The smallest absolute Gasteiger partial charge is 0.309 e. The van der Waals surface area contributed by atoms with Crippen LogP contribution in [0.2, 0.25) is 0 Å². The van der Waals surface area contributed by atoms with Crippen molar-refractivity contribution in [3.05, 3.63) is 71.8 Å². The molecule has 0 saturated carbocycles. The van der Waals surface area contributed by atoms with Crippen LogP contribution in [0.3, 0.4) is 0 Å². The summed E-state index contributed by atoms with van der Waals surface area (Å²) in [6, 6.07) is 16.4. The third-order valence-electron chi connectivity index (χ3n) is 5.19. The molecule has 0 atom stereocenters. The van der Waals surface area contributed by atoms with Crippen molar-refractivity contribution < 1.29 is 23.9 Å². The van der Waals surface area contributed by atoms with Gasteiger partial charge in [-0.1, -0.05) is 30.3 Å². The molecule has 3 rings (SSSR count). The molecular formula is C25H27NO5. The van der Waals surface area contributed by atoms with Gasteiger partial charge in [0.15, 0.2) is 12.4 Å². The van der Waals surface area contributed by atoms with Crippen LogP contribution in [0.1, 0.15) is 35.7 Å². The molecule has 1 saturated heterocycles. The third-order valence-corrected chi connectivity index (χ3v) is 5.19. The van der Waals surface area contributed by atoms with E-state index in [0.29, 0.717) is 43.9 Å². The Labute approximate surface area is 182 Å². The second-order valence-corrected chi connectivity index (χ2v) is 7.33. The zero-order valence-electron chi connectivity index (χ0n) is 17.7. The number of nitrogens with zero attached hydrogens (tertiary/aromatic N) is 1. The van der Waals surface area contributed by atoms with Gasteiger partial charge in [0.05, 0.1) is 12.5 Å². The van der Waals surface area contributed by atoms with Gasteiger partial charge in [0.25, 0.3) is 0 Å². The van der Waals surface area contributed by atoms with Gasteiger partial charge >= 0.3 is 5.97 Å². The molecule has 1 aliphatic heterocycles. The molecule has 1 amide bonds. The van der Waals surface area contributed by atoms with Crippen LogP contribution in [0, 0.1) is 5.92 Å². The highest BCUT2D eigenvalue weighted by atomic mass is 16.5. The molecule has 6 heteroatoms. The monoisotopic (exact) mass is 421 g/mol. The standard InChI is InChI=1S/C25H27NO5/c1-2-30-22-11-9-20(10-12-22)23(27)18-31-25(29)21-14-16-26(17-15-21)24(28)13-8-19-6-4-3-5-7-19/h3-13,21H,2,14-18H2,1H3. The van der Waals surface area contributed by atoms with Gasteiger partial charge in [0.1, 0.15) is 5.75 Å². The summed E-state index contributed by atoms with van der Waals surface area (Å²) in [6.45, 7) is 3.14. The number of ketones is 1. The summed E-state index contributed by atoms with van der Waals surface area (Å²) in [4.78, 5) is 38.7. The molecule has 0 unspecified atom stereocenters. The molecule has 2 aromatic rings. The number of benzene rings is 2. The molecule has 1 aliphatic rings. The fourth-order valence-corrected chi connectivity index (χ4v) is 3.41. The van der Waals surface area contributed by atoms with Crippen molar-refractivity contribution in [2.75, 3.05) is 26.3 Å². The molecular weight excluding hydrogens is 394 g/mol. The summed E-state index contributed by atoms with van der Waals surface area (Å²) in [5, 5.41) is 0. The molecule has 31 heavy (non-hydrogen) atoms. The van der Waals surface area contributed by atoms with Crippen molar-refractivity contribution in [2.45, 2.75) is 19.8 Å². The fraction of sp³-hybridized carbons (Fsp3) is 0.320. The van der Waals surface area contributed by atoms with Crippen molar-refractivity contribution in [3.8, 4) is 5.75 Å². The zero-order chi connectivity index (χ0) is 22.1. The number of rotatable bonds is 8. The normalized spacial score (nSPS) is 14.4. The second-order valence-electron chi connectivity index (χ2n) is 7.33. The predicted octanol–water partition coefficient (Wildman–Crippen LogP) is 3.76. The average molecular weight is 421 g/mol. The van der Waals surface area contributed by atoms with E-state index in [2.05, 4.69) is 0 Å². The van der Waals surface area contributed by atoms with E-state index < -0.39 is 0 Å². The van der Waals surface area contributed by atoms with Gasteiger partial charge in [0.2, 0.25) is 5.91 Å². The number of likely N-dealkylation sites (tertiary alicyclic amines) is 1. The van der Waals surface area contributed by atoms with Crippen LogP contribution in [0.4, 0.5) is 0 Å². The quantitative estimate of drug-likeness (QED) is 0.369. The van der Waals surface area contributed by atoms with Crippen molar-refractivity contribution in [2.24, 2.45) is 5.92 Å². The molecule has 2 aromatic carbocycles. The SMILES string of the molecule is CCOc1ccc(C(=O)COC(=O)C2CCN(C(=O)C=Cc3ccccc3)CC2)cc1. The number of carbonyl (C=O) groups excluding carboxylic acids is 3. The summed E-state index contributed by atoms with van der Waals surface area (Å²) in [7, 11) is 0. The van der Waals surface area contributed by atoms with Crippen LogP contribution in [0.25, 0.3) is 6.08 Å². The fourth-order valence-electron chi connectivity index (χ4n) is 3.41. The number of carbonyl (C=O) groups is 3. The number of hydrogen-bond donors (Lipinski definition) is 0. The molecule has 0 spiro atoms. The van der Waals surface area contributed by atoms with E-state index in [1.54, 1.807) is 41.3 Å². The minimum Gasteiger partial charge on any atom is -0.494 e. The van der Waals surface area contributed by atoms with Crippen LogP contribution < -0.4 is 4.74 Å². The Morgan fingerprint density at radius 1 is 1.00 bits per heavy atom. The maximum atomic E-state index is 12.4. The van der Waals surface area contributed by atoms with Gasteiger partial charge in [-0.2, -0.15) is 0 Å². The van der Waals surface area contributed by atoms with Crippen LogP contribution in [-0.2, 0) is 14.3 Å². The van der Waals surface area contributed by atoms with E-state index in [9.17, 15) is 14.4 Å². The lowest BCUT2D eigenvalue weighted by atomic mass is 9.97. The molecule has 162 valence electrons. The first-order chi connectivity index (χ1) is 15.1. The summed E-state index contributed by atoms with van der Waals surface area (Å²) in [5.74, 6) is -0.311. The topological polar surface area (TPSA) is 72.9 Å². The highest BCUT2D eigenvalue weighted by Crippen LogP contribution is 2.20. The number of Topliss-reactive ketones (excluding diaryl/α,β-unsaturated/α-hetero) is 1. The number of piperidine rings is 1. The van der Waals surface area contributed by atoms with Crippen molar-refractivity contribution in [3.63, 3.8) is 0 Å². The molecule has 1 fully saturated rings. The van der Waals surface area contributed by atoms with E-state index in [0.717, 1.165) is 5.56 Å². The Hall–Kier alpha value is -3.41. The lowest BCUT2D eigenvalue weighted by Gasteiger charge is -2.30. The summed E-state index contributed by atoms with van der Waals surface area (Å²) in [5.41, 5.74) is 1.44. The molecule has 0 aromatic heterocycles. The van der Waals surface area contributed by atoms with Crippen LogP contribution in [0.15, 0.2) is 60.7 Å². The van der Waals surface area contributed by atoms with Crippen molar-refractivity contribution >= 4 is 23.7 Å². The summed E-state index contributed by atoms with van der Waals surface area (Å²) >= 11 is 0. The second kappa shape index (κ2) is 11.1. The average Bonchev–Trinajstić information content (AvgIpc) is 2.82. The number of hydrogen-bond acceptors (Lipinski definition) is 5. The predicted molar refractivity (Wildman–Crippen MR) is 118 cm³/mol. The molecule has 0 aliphatic carbocycles. The molecule has 0 bridgehead atoms. The van der Waals surface area contributed by atoms with Gasteiger partial charge in [-0.25, -0.2) is 0 Å².